The molecule has 2 N–H and O–H groups in total. The average Bonchev–Trinajstić information content (AvgIpc) is 2.85. The molecule has 5 heteroatoms. The maximum absolute atomic E-state index is 12.7. The molecule has 3 rings (SSSR count). The summed E-state index contributed by atoms with van der Waals surface area (Å²) >= 11 is 9.40. The van der Waals surface area contributed by atoms with Crippen molar-refractivity contribution in [2.24, 2.45) is 0 Å². The van der Waals surface area contributed by atoms with Crippen LogP contribution in [0.1, 0.15) is 27.0 Å². The van der Waals surface area contributed by atoms with Crippen molar-refractivity contribution < 1.29 is 4.79 Å². The fourth-order valence-corrected chi connectivity index (χ4v) is 3.38. The molecule has 108 valence electrons. The molecular formula is C16H14BrClN2O. The summed E-state index contributed by atoms with van der Waals surface area (Å²) in [6.45, 7) is 3.11. The monoisotopic (exact) mass is 364 g/mol. The van der Waals surface area contributed by atoms with Crippen molar-refractivity contribution in [2.75, 3.05) is 5.73 Å². The average molecular weight is 366 g/mol. The van der Waals surface area contributed by atoms with E-state index in [9.17, 15) is 4.79 Å². The molecule has 0 saturated heterocycles. The Balaban J connectivity index is 1.92. The van der Waals surface area contributed by atoms with E-state index in [2.05, 4.69) is 15.9 Å². The Morgan fingerprint density at radius 3 is 2.71 bits per heavy atom. The number of benzene rings is 2. The number of carbonyl (C=O) groups is 1. The van der Waals surface area contributed by atoms with Crippen LogP contribution < -0.4 is 5.73 Å². The lowest BCUT2D eigenvalue weighted by Gasteiger charge is -2.17. The van der Waals surface area contributed by atoms with Crippen LogP contribution in [0.15, 0.2) is 34.8 Å². The van der Waals surface area contributed by atoms with Gasteiger partial charge in [0.15, 0.2) is 0 Å². The number of amides is 1. The highest BCUT2D eigenvalue weighted by molar-refractivity contribution is 9.10. The van der Waals surface area contributed by atoms with E-state index in [-0.39, 0.29) is 5.91 Å². The molecule has 1 aliphatic rings. The number of nitrogens with zero attached hydrogens (tertiary/aromatic N) is 1. The minimum absolute atomic E-state index is 0.0516. The molecule has 0 aliphatic carbocycles. The van der Waals surface area contributed by atoms with E-state index in [1.807, 2.05) is 37.3 Å². The zero-order valence-electron chi connectivity index (χ0n) is 11.5. The Bertz CT molecular complexity index is 745. The molecule has 0 fully saturated rings. The van der Waals surface area contributed by atoms with Gasteiger partial charge in [0, 0.05) is 22.6 Å². The molecule has 0 atom stereocenters. The van der Waals surface area contributed by atoms with Crippen LogP contribution in [0.25, 0.3) is 0 Å². The number of halogens is 2. The number of nitrogens with two attached hydrogens (primary N) is 1. The topological polar surface area (TPSA) is 46.3 Å². The Labute approximate surface area is 136 Å². The Hall–Kier alpha value is -1.52. The van der Waals surface area contributed by atoms with Crippen molar-refractivity contribution in [3.05, 3.63) is 62.1 Å². The van der Waals surface area contributed by atoms with Crippen molar-refractivity contribution in [1.82, 2.24) is 4.90 Å². The van der Waals surface area contributed by atoms with Crippen molar-refractivity contribution >= 4 is 39.1 Å². The third-order valence-corrected chi connectivity index (χ3v) is 4.57. The van der Waals surface area contributed by atoms with Crippen LogP contribution in [-0.4, -0.2) is 10.8 Å². The van der Waals surface area contributed by atoms with Crippen LogP contribution in [0.2, 0.25) is 5.02 Å². The molecule has 2 aromatic carbocycles. The third kappa shape index (κ3) is 2.65. The quantitative estimate of drug-likeness (QED) is 0.772. The van der Waals surface area contributed by atoms with Gasteiger partial charge in [-0.05, 0) is 63.8 Å². The minimum atomic E-state index is -0.0516. The van der Waals surface area contributed by atoms with Gasteiger partial charge >= 0.3 is 0 Å². The summed E-state index contributed by atoms with van der Waals surface area (Å²) in [5.41, 5.74) is 10.3. The molecule has 0 unspecified atom stereocenters. The molecular weight excluding hydrogens is 352 g/mol. The lowest BCUT2D eigenvalue weighted by Crippen LogP contribution is -2.26. The van der Waals surface area contributed by atoms with Crippen LogP contribution in [0.3, 0.4) is 0 Å². The van der Waals surface area contributed by atoms with E-state index in [0.29, 0.717) is 29.4 Å². The first-order valence-electron chi connectivity index (χ1n) is 6.58. The largest absolute Gasteiger partial charge is 0.397 e. The standard InChI is InChI=1S/C16H14BrClN2O/c1-9-4-13(15(19)14(17)5-9)16(21)20-7-10-2-3-12(18)6-11(10)8-20/h2-6H,7-8,19H2,1H3. The molecule has 0 saturated carbocycles. The Morgan fingerprint density at radius 2 is 1.95 bits per heavy atom. The van der Waals surface area contributed by atoms with E-state index in [1.165, 1.54) is 0 Å². The summed E-state index contributed by atoms with van der Waals surface area (Å²) in [6.07, 6.45) is 0. The first kappa shape index (κ1) is 14.4. The van der Waals surface area contributed by atoms with Gasteiger partial charge in [-0.3, -0.25) is 4.79 Å². The maximum atomic E-state index is 12.7. The number of hydrogen-bond acceptors (Lipinski definition) is 2. The zero-order chi connectivity index (χ0) is 15.1. The highest BCUT2D eigenvalue weighted by Crippen LogP contribution is 2.30. The summed E-state index contributed by atoms with van der Waals surface area (Å²) in [5, 5.41) is 0.695. The number of aryl methyl sites for hydroxylation is 1. The zero-order valence-corrected chi connectivity index (χ0v) is 13.8. The number of anilines is 1. The fourth-order valence-electron chi connectivity index (χ4n) is 2.61. The van der Waals surface area contributed by atoms with Gasteiger partial charge in [-0.2, -0.15) is 0 Å². The van der Waals surface area contributed by atoms with Gasteiger partial charge in [-0.1, -0.05) is 17.7 Å². The molecule has 2 aromatic rings. The summed E-state index contributed by atoms with van der Waals surface area (Å²) < 4.78 is 0.755. The highest BCUT2D eigenvalue weighted by atomic mass is 79.9. The molecule has 1 heterocycles. The molecule has 0 aromatic heterocycles. The molecule has 0 spiro atoms. The second-order valence-electron chi connectivity index (χ2n) is 5.28. The van der Waals surface area contributed by atoms with E-state index in [4.69, 9.17) is 17.3 Å². The first-order chi connectivity index (χ1) is 9.95. The molecule has 1 aliphatic heterocycles. The SMILES string of the molecule is Cc1cc(Br)c(N)c(C(=O)N2Cc3ccc(Cl)cc3C2)c1. The Kier molecular flexibility index (Phi) is 3.68. The summed E-state index contributed by atoms with van der Waals surface area (Å²) in [6, 6.07) is 9.48. The lowest BCUT2D eigenvalue weighted by atomic mass is 10.1. The molecule has 1 amide bonds. The van der Waals surface area contributed by atoms with Gasteiger partial charge in [0.25, 0.3) is 5.91 Å². The predicted octanol–water partition coefficient (Wildman–Crippen LogP) is 4.15. The fraction of sp³-hybridized carbons (Fsp3) is 0.188. The van der Waals surface area contributed by atoms with Gasteiger partial charge in [0.1, 0.15) is 0 Å². The normalized spacial score (nSPS) is 13.4. The second kappa shape index (κ2) is 5.35. The number of rotatable bonds is 1. The third-order valence-electron chi connectivity index (χ3n) is 3.68. The lowest BCUT2D eigenvalue weighted by molar-refractivity contribution is 0.0752. The van der Waals surface area contributed by atoms with Crippen LogP contribution >= 0.6 is 27.5 Å². The van der Waals surface area contributed by atoms with Crippen LogP contribution in [0.4, 0.5) is 5.69 Å². The second-order valence-corrected chi connectivity index (χ2v) is 6.57. The first-order valence-corrected chi connectivity index (χ1v) is 7.75. The van der Waals surface area contributed by atoms with Gasteiger partial charge in [-0.25, -0.2) is 0 Å². The van der Waals surface area contributed by atoms with E-state index in [0.717, 1.165) is 21.2 Å². The summed E-state index contributed by atoms with van der Waals surface area (Å²) in [4.78, 5) is 14.5. The number of carbonyl (C=O) groups excluding carboxylic acids is 1. The molecule has 3 nitrogen and oxygen atoms in total. The van der Waals surface area contributed by atoms with Crippen molar-refractivity contribution in [3.8, 4) is 0 Å². The van der Waals surface area contributed by atoms with E-state index in [1.54, 1.807) is 4.90 Å². The summed E-state index contributed by atoms with van der Waals surface area (Å²) in [5.74, 6) is -0.0516. The minimum Gasteiger partial charge on any atom is -0.397 e. The number of hydrogen-bond donors (Lipinski definition) is 1. The van der Waals surface area contributed by atoms with Crippen LogP contribution in [-0.2, 0) is 13.1 Å². The van der Waals surface area contributed by atoms with E-state index >= 15 is 0 Å². The number of nitrogen functional groups attached to an aromatic ring is 1. The molecule has 0 radical (unpaired) electrons. The Morgan fingerprint density at radius 1 is 1.24 bits per heavy atom. The van der Waals surface area contributed by atoms with Crippen molar-refractivity contribution in [2.45, 2.75) is 20.0 Å². The number of fused-ring (bicyclic) bond motifs is 1. The van der Waals surface area contributed by atoms with Crippen LogP contribution in [0, 0.1) is 6.92 Å². The maximum Gasteiger partial charge on any atom is 0.256 e. The molecule has 0 bridgehead atoms. The smallest absolute Gasteiger partial charge is 0.256 e. The van der Waals surface area contributed by atoms with Gasteiger partial charge < -0.3 is 10.6 Å². The van der Waals surface area contributed by atoms with Gasteiger partial charge in [0.05, 0.1) is 11.3 Å². The summed E-state index contributed by atoms with van der Waals surface area (Å²) in [7, 11) is 0. The van der Waals surface area contributed by atoms with Crippen LogP contribution in [0.5, 0.6) is 0 Å². The van der Waals surface area contributed by atoms with Crippen molar-refractivity contribution in [3.63, 3.8) is 0 Å². The van der Waals surface area contributed by atoms with Crippen molar-refractivity contribution in [1.29, 1.82) is 0 Å². The highest BCUT2D eigenvalue weighted by Gasteiger charge is 2.26. The molecule has 21 heavy (non-hydrogen) atoms. The van der Waals surface area contributed by atoms with Gasteiger partial charge in [-0.15, -0.1) is 0 Å². The van der Waals surface area contributed by atoms with E-state index < -0.39 is 0 Å². The van der Waals surface area contributed by atoms with Gasteiger partial charge in [0.2, 0.25) is 0 Å². The predicted molar refractivity (Wildman–Crippen MR) is 88.3 cm³/mol.